The molecule has 0 aromatic heterocycles. The molecule has 5 nitrogen and oxygen atoms in total. The summed E-state index contributed by atoms with van der Waals surface area (Å²) >= 11 is 12.0. The van der Waals surface area contributed by atoms with Crippen LogP contribution in [0.2, 0.25) is 10.0 Å². The molecule has 2 N–H and O–H groups in total. The number of carboxylic acids is 1. The van der Waals surface area contributed by atoms with Crippen molar-refractivity contribution in [3.8, 4) is 12.3 Å². The predicted molar refractivity (Wildman–Crippen MR) is 81.1 cm³/mol. The summed E-state index contributed by atoms with van der Waals surface area (Å²) in [7, 11) is -4.18. The summed E-state index contributed by atoms with van der Waals surface area (Å²) in [6.07, 6.45) is 4.75. The molecular formula is C13H13Cl2NO4S. The van der Waals surface area contributed by atoms with Crippen LogP contribution in [-0.2, 0) is 14.8 Å². The topological polar surface area (TPSA) is 83.5 Å². The third kappa shape index (κ3) is 3.89. The average Bonchev–Trinajstić information content (AvgIpc) is 2.35. The van der Waals surface area contributed by atoms with Crippen LogP contribution in [0.4, 0.5) is 0 Å². The van der Waals surface area contributed by atoms with Crippen molar-refractivity contribution in [2.24, 2.45) is 0 Å². The normalized spacial score (nSPS) is 12.7. The van der Waals surface area contributed by atoms with E-state index in [-0.39, 0.29) is 26.9 Å². The number of hydrogen-bond donors (Lipinski definition) is 2. The van der Waals surface area contributed by atoms with Gasteiger partial charge in [-0.15, -0.1) is 12.3 Å². The maximum Gasteiger partial charge on any atom is 0.322 e. The maximum atomic E-state index is 12.4. The minimum absolute atomic E-state index is 0.00533. The first-order valence-corrected chi connectivity index (χ1v) is 7.99. The molecule has 0 heterocycles. The first-order valence-electron chi connectivity index (χ1n) is 5.75. The van der Waals surface area contributed by atoms with Crippen molar-refractivity contribution in [3.05, 3.63) is 27.2 Å². The number of sulfonamides is 1. The Morgan fingerprint density at radius 1 is 1.48 bits per heavy atom. The molecule has 1 rings (SSSR count). The van der Waals surface area contributed by atoms with Crippen molar-refractivity contribution >= 4 is 39.2 Å². The fraction of sp³-hybridized carbons (Fsp3) is 0.308. The van der Waals surface area contributed by atoms with E-state index >= 15 is 0 Å². The molecule has 0 amide bonds. The summed E-state index contributed by atoms with van der Waals surface area (Å²) in [4.78, 5) is 10.8. The van der Waals surface area contributed by atoms with Gasteiger partial charge in [-0.05, 0) is 31.0 Å². The summed E-state index contributed by atoms with van der Waals surface area (Å²) in [5.41, 5.74) is 0.709. The Kier molecular flexibility index (Phi) is 5.65. The molecule has 0 radical (unpaired) electrons. The minimum atomic E-state index is -4.18. The zero-order valence-electron chi connectivity index (χ0n) is 11.3. The van der Waals surface area contributed by atoms with Gasteiger partial charge in [0.2, 0.25) is 10.0 Å². The summed E-state index contributed by atoms with van der Waals surface area (Å²) < 4.78 is 26.8. The fourth-order valence-electron chi connectivity index (χ4n) is 1.68. The number of hydrogen-bond acceptors (Lipinski definition) is 3. The van der Waals surface area contributed by atoms with Crippen LogP contribution in [0.5, 0.6) is 0 Å². The van der Waals surface area contributed by atoms with E-state index in [1.165, 1.54) is 13.0 Å². The standard InChI is InChI=1S/C13H13Cl2NO4S/c1-4-5-10(13(17)18)16-21(19,20)12-8(3)9(14)6-7(2)11(12)15/h1,6,10,16H,5H2,2-3H3,(H,17,18). The second-order valence-corrected chi connectivity index (χ2v) is 6.80. The fourth-order valence-corrected chi connectivity index (χ4v) is 4.08. The monoisotopic (exact) mass is 349 g/mol. The average molecular weight is 350 g/mol. The van der Waals surface area contributed by atoms with Gasteiger partial charge in [0.15, 0.2) is 0 Å². The molecular weight excluding hydrogens is 337 g/mol. The summed E-state index contributed by atoms with van der Waals surface area (Å²) in [6, 6.07) is 0.101. The van der Waals surface area contributed by atoms with E-state index in [4.69, 9.17) is 34.7 Å². The number of nitrogens with one attached hydrogen (secondary N) is 1. The van der Waals surface area contributed by atoms with Gasteiger partial charge in [-0.25, -0.2) is 8.42 Å². The van der Waals surface area contributed by atoms with Crippen molar-refractivity contribution < 1.29 is 18.3 Å². The van der Waals surface area contributed by atoms with Crippen LogP contribution >= 0.6 is 23.2 Å². The van der Waals surface area contributed by atoms with E-state index in [9.17, 15) is 13.2 Å². The highest BCUT2D eigenvalue weighted by Gasteiger charge is 2.29. The zero-order chi connectivity index (χ0) is 16.4. The van der Waals surface area contributed by atoms with Crippen LogP contribution in [0.15, 0.2) is 11.0 Å². The van der Waals surface area contributed by atoms with Crippen LogP contribution in [0.1, 0.15) is 17.5 Å². The van der Waals surface area contributed by atoms with Crippen molar-refractivity contribution in [3.63, 3.8) is 0 Å². The highest BCUT2D eigenvalue weighted by Crippen LogP contribution is 2.33. The molecule has 0 saturated heterocycles. The Bertz CT molecular complexity index is 696. The summed E-state index contributed by atoms with van der Waals surface area (Å²) in [5.74, 6) is 0.737. The number of carboxylic acid groups (broad SMARTS) is 1. The second kappa shape index (κ2) is 6.67. The Labute approximate surface area is 133 Å². The molecule has 1 aromatic carbocycles. The highest BCUT2D eigenvalue weighted by molar-refractivity contribution is 7.89. The lowest BCUT2D eigenvalue weighted by molar-refractivity contribution is -0.138. The first kappa shape index (κ1) is 17.8. The van der Waals surface area contributed by atoms with Gasteiger partial charge in [0, 0.05) is 11.4 Å². The molecule has 21 heavy (non-hydrogen) atoms. The smallest absolute Gasteiger partial charge is 0.322 e. The van der Waals surface area contributed by atoms with Crippen molar-refractivity contribution in [2.45, 2.75) is 31.2 Å². The van der Waals surface area contributed by atoms with Gasteiger partial charge >= 0.3 is 5.97 Å². The summed E-state index contributed by atoms with van der Waals surface area (Å²) in [5, 5.41) is 9.20. The lowest BCUT2D eigenvalue weighted by Gasteiger charge is -2.16. The van der Waals surface area contributed by atoms with Gasteiger partial charge in [0.25, 0.3) is 0 Å². The Balaban J connectivity index is 3.39. The molecule has 0 spiro atoms. The van der Waals surface area contributed by atoms with E-state index in [2.05, 4.69) is 5.92 Å². The lowest BCUT2D eigenvalue weighted by Crippen LogP contribution is -2.40. The number of rotatable bonds is 5. The van der Waals surface area contributed by atoms with Gasteiger partial charge in [-0.2, -0.15) is 4.72 Å². The SMILES string of the molecule is C#CCC(NS(=O)(=O)c1c(C)c(Cl)cc(C)c1Cl)C(=O)O. The van der Waals surface area contributed by atoms with Crippen LogP contribution in [-0.4, -0.2) is 25.5 Å². The molecule has 1 aromatic rings. The van der Waals surface area contributed by atoms with Gasteiger partial charge in [0.1, 0.15) is 10.9 Å². The number of aliphatic carboxylic acids is 1. The molecule has 114 valence electrons. The Morgan fingerprint density at radius 2 is 2.05 bits per heavy atom. The molecule has 0 aliphatic heterocycles. The van der Waals surface area contributed by atoms with E-state index in [1.54, 1.807) is 6.92 Å². The second-order valence-electron chi connectivity index (χ2n) is 4.36. The quantitative estimate of drug-likeness (QED) is 0.799. The van der Waals surface area contributed by atoms with Crippen molar-refractivity contribution in [2.75, 3.05) is 0 Å². The number of halogens is 2. The van der Waals surface area contributed by atoms with E-state index in [1.807, 2.05) is 4.72 Å². The van der Waals surface area contributed by atoms with E-state index in [0.29, 0.717) is 5.56 Å². The summed E-state index contributed by atoms with van der Waals surface area (Å²) in [6.45, 7) is 3.09. The van der Waals surface area contributed by atoms with Crippen LogP contribution < -0.4 is 4.72 Å². The maximum absolute atomic E-state index is 12.4. The van der Waals surface area contributed by atoms with Gasteiger partial charge in [0.05, 0.1) is 5.02 Å². The number of benzene rings is 1. The number of terminal acetylenes is 1. The third-order valence-corrected chi connectivity index (χ3v) is 5.41. The lowest BCUT2D eigenvalue weighted by atomic mass is 10.2. The molecule has 0 fully saturated rings. The molecule has 1 unspecified atom stereocenters. The van der Waals surface area contributed by atoms with E-state index < -0.39 is 22.0 Å². The Hall–Kier alpha value is -1.26. The first-order chi connectivity index (χ1) is 9.61. The number of carbonyl (C=O) groups is 1. The van der Waals surface area contributed by atoms with Gasteiger partial charge in [-0.3, -0.25) is 4.79 Å². The van der Waals surface area contributed by atoms with Crippen molar-refractivity contribution in [1.29, 1.82) is 0 Å². The minimum Gasteiger partial charge on any atom is -0.480 e. The van der Waals surface area contributed by atoms with Gasteiger partial charge in [-0.1, -0.05) is 23.2 Å². The molecule has 0 aliphatic carbocycles. The largest absolute Gasteiger partial charge is 0.480 e. The van der Waals surface area contributed by atoms with Gasteiger partial charge < -0.3 is 5.11 Å². The predicted octanol–water partition coefficient (Wildman–Crippen LogP) is 2.37. The molecule has 8 heteroatoms. The molecule has 1 atom stereocenters. The highest BCUT2D eigenvalue weighted by atomic mass is 35.5. The number of aryl methyl sites for hydroxylation is 1. The molecule has 0 aliphatic rings. The third-order valence-electron chi connectivity index (χ3n) is 2.77. The Morgan fingerprint density at radius 3 is 2.52 bits per heavy atom. The van der Waals surface area contributed by atoms with Crippen molar-refractivity contribution in [1.82, 2.24) is 4.72 Å². The molecule has 0 saturated carbocycles. The van der Waals surface area contributed by atoms with Crippen LogP contribution in [0.3, 0.4) is 0 Å². The zero-order valence-corrected chi connectivity index (χ0v) is 13.6. The van der Waals surface area contributed by atoms with Crippen LogP contribution in [0, 0.1) is 26.2 Å². The van der Waals surface area contributed by atoms with E-state index in [0.717, 1.165) is 0 Å². The van der Waals surface area contributed by atoms with Crippen LogP contribution in [0.25, 0.3) is 0 Å². The molecule has 0 bridgehead atoms.